The van der Waals surface area contributed by atoms with E-state index in [4.69, 9.17) is 0 Å². The number of hydrogen-bond donors (Lipinski definition) is 0. The highest BCUT2D eigenvalue weighted by molar-refractivity contribution is 5.94. The molecule has 0 unspecified atom stereocenters. The van der Waals surface area contributed by atoms with E-state index in [0.717, 1.165) is 0 Å². The van der Waals surface area contributed by atoms with Crippen LogP contribution in [0.3, 0.4) is 0 Å². The Labute approximate surface area is 53.0 Å². The van der Waals surface area contributed by atoms with E-state index in [0.29, 0.717) is 6.42 Å². The van der Waals surface area contributed by atoms with E-state index >= 15 is 0 Å². The molecule has 0 bridgehead atoms. The lowest BCUT2D eigenvalue weighted by atomic mass is 10.1. The lowest BCUT2D eigenvalue weighted by Crippen LogP contribution is -2.04. The van der Waals surface area contributed by atoms with Crippen LogP contribution in [-0.2, 0) is 14.3 Å². The van der Waals surface area contributed by atoms with Crippen molar-refractivity contribution in [2.24, 2.45) is 5.92 Å². The van der Waals surface area contributed by atoms with Crippen LogP contribution < -0.4 is 0 Å². The summed E-state index contributed by atoms with van der Waals surface area (Å²) in [5, 5.41) is 0. The molecule has 0 spiro atoms. The second-order valence-electron chi connectivity index (χ2n) is 2.10. The first-order valence-electron chi connectivity index (χ1n) is 2.98. The molecule has 3 nitrogen and oxygen atoms in total. The summed E-state index contributed by atoms with van der Waals surface area (Å²) in [4.78, 5) is 21.0. The Bertz CT molecular complexity index is 150. The van der Waals surface area contributed by atoms with Gasteiger partial charge in [-0.2, -0.15) is 0 Å². The third kappa shape index (κ3) is 1.09. The van der Waals surface area contributed by atoms with Gasteiger partial charge in [0.25, 0.3) is 0 Å². The minimum absolute atomic E-state index is 0.169. The number of esters is 2. The molecular formula is C6H8O3. The van der Waals surface area contributed by atoms with Gasteiger partial charge in [0, 0.05) is 0 Å². The number of ether oxygens (including phenoxy) is 1. The molecule has 0 aromatic rings. The second-order valence-corrected chi connectivity index (χ2v) is 2.10. The first-order chi connectivity index (χ1) is 4.24. The van der Waals surface area contributed by atoms with Crippen molar-refractivity contribution in [2.45, 2.75) is 19.8 Å². The van der Waals surface area contributed by atoms with E-state index in [2.05, 4.69) is 4.74 Å². The Hall–Kier alpha value is -0.860. The van der Waals surface area contributed by atoms with Crippen LogP contribution in [-0.4, -0.2) is 11.9 Å². The van der Waals surface area contributed by atoms with Gasteiger partial charge in [-0.1, -0.05) is 6.92 Å². The van der Waals surface area contributed by atoms with Crippen LogP contribution in [0.15, 0.2) is 0 Å². The Morgan fingerprint density at radius 2 is 2.33 bits per heavy atom. The summed E-state index contributed by atoms with van der Waals surface area (Å²) in [5.41, 5.74) is 0. The van der Waals surface area contributed by atoms with Crippen molar-refractivity contribution in [3.63, 3.8) is 0 Å². The Balaban J connectivity index is 2.58. The summed E-state index contributed by atoms with van der Waals surface area (Å²) in [6.07, 6.45) is 0.972. The molecule has 1 fully saturated rings. The average molecular weight is 128 g/mol. The zero-order valence-corrected chi connectivity index (χ0v) is 5.22. The molecule has 3 heteroatoms. The topological polar surface area (TPSA) is 43.4 Å². The third-order valence-electron chi connectivity index (χ3n) is 1.45. The molecule has 50 valence electrons. The first kappa shape index (κ1) is 6.26. The number of hydrogen-bond acceptors (Lipinski definition) is 3. The number of cyclic esters (lactones) is 2. The summed E-state index contributed by atoms with van der Waals surface area (Å²) in [6.45, 7) is 1.87. The fourth-order valence-electron chi connectivity index (χ4n) is 0.833. The smallest absolute Gasteiger partial charge is 0.317 e. The van der Waals surface area contributed by atoms with Gasteiger partial charge in [-0.05, 0) is 6.42 Å². The van der Waals surface area contributed by atoms with Gasteiger partial charge >= 0.3 is 11.9 Å². The molecule has 0 N–H and O–H groups in total. The van der Waals surface area contributed by atoms with Gasteiger partial charge in [0.15, 0.2) is 0 Å². The Morgan fingerprint density at radius 1 is 1.67 bits per heavy atom. The minimum Gasteiger partial charge on any atom is -0.393 e. The Morgan fingerprint density at radius 3 is 2.56 bits per heavy atom. The fraction of sp³-hybridized carbons (Fsp3) is 0.667. The molecule has 1 saturated heterocycles. The van der Waals surface area contributed by atoms with E-state index in [9.17, 15) is 9.59 Å². The van der Waals surface area contributed by atoms with Gasteiger partial charge in [0.05, 0.1) is 12.3 Å². The predicted molar refractivity (Wildman–Crippen MR) is 29.5 cm³/mol. The molecule has 0 saturated carbocycles. The molecule has 1 rings (SSSR count). The highest BCUT2D eigenvalue weighted by atomic mass is 16.6. The van der Waals surface area contributed by atoms with Gasteiger partial charge in [-0.15, -0.1) is 0 Å². The molecule has 1 aliphatic rings. The van der Waals surface area contributed by atoms with Crippen LogP contribution in [0.4, 0.5) is 0 Å². The van der Waals surface area contributed by atoms with E-state index in [1.807, 2.05) is 6.92 Å². The van der Waals surface area contributed by atoms with Crippen molar-refractivity contribution in [2.75, 3.05) is 0 Å². The Kier molecular flexibility index (Phi) is 1.51. The zero-order valence-electron chi connectivity index (χ0n) is 5.22. The largest absolute Gasteiger partial charge is 0.393 e. The summed E-state index contributed by atoms with van der Waals surface area (Å²) >= 11 is 0. The SMILES string of the molecule is CC[C@H]1CC(=O)OC1=O. The zero-order chi connectivity index (χ0) is 6.85. The maximum atomic E-state index is 10.6. The van der Waals surface area contributed by atoms with Crippen LogP contribution >= 0.6 is 0 Å². The van der Waals surface area contributed by atoms with Gasteiger partial charge in [0.2, 0.25) is 0 Å². The van der Waals surface area contributed by atoms with Crippen molar-refractivity contribution >= 4 is 11.9 Å². The summed E-state index contributed by atoms with van der Waals surface area (Å²) < 4.78 is 4.29. The standard InChI is InChI=1S/C6H8O3/c1-2-4-3-5(7)9-6(4)8/h4H,2-3H2,1H3/t4-/m0/s1. The summed E-state index contributed by atoms with van der Waals surface area (Å²) in [7, 11) is 0. The van der Waals surface area contributed by atoms with E-state index < -0.39 is 0 Å². The van der Waals surface area contributed by atoms with Crippen molar-refractivity contribution in [3.05, 3.63) is 0 Å². The lowest BCUT2D eigenvalue weighted by Gasteiger charge is -1.93. The highest BCUT2D eigenvalue weighted by Gasteiger charge is 2.31. The van der Waals surface area contributed by atoms with E-state index in [-0.39, 0.29) is 24.3 Å². The van der Waals surface area contributed by atoms with E-state index in [1.165, 1.54) is 0 Å². The molecule has 0 aromatic carbocycles. The molecule has 1 aliphatic heterocycles. The highest BCUT2D eigenvalue weighted by Crippen LogP contribution is 2.18. The number of rotatable bonds is 1. The molecule has 0 aromatic heterocycles. The monoisotopic (exact) mass is 128 g/mol. The molecule has 0 aliphatic carbocycles. The number of carbonyl (C=O) groups is 2. The van der Waals surface area contributed by atoms with Crippen molar-refractivity contribution < 1.29 is 14.3 Å². The molecular weight excluding hydrogens is 120 g/mol. The molecule has 1 heterocycles. The molecule has 0 amide bonds. The summed E-state index contributed by atoms with van der Waals surface area (Å²) in [5.74, 6) is -0.910. The minimum atomic E-state index is -0.383. The normalized spacial score (nSPS) is 26.6. The van der Waals surface area contributed by atoms with Crippen molar-refractivity contribution in [1.29, 1.82) is 0 Å². The maximum absolute atomic E-state index is 10.6. The van der Waals surface area contributed by atoms with Crippen LogP contribution in [0.2, 0.25) is 0 Å². The van der Waals surface area contributed by atoms with Crippen LogP contribution in [0.5, 0.6) is 0 Å². The van der Waals surface area contributed by atoms with Gasteiger partial charge in [-0.3, -0.25) is 9.59 Å². The summed E-state index contributed by atoms with van der Waals surface area (Å²) in [6, 6.07) is 0. The molecule has 0 radical (unpaired) electrons. The number of carbonyl (C=O) groups excluding carboxylic acids is 2. The third-order valence-corrected chi connectivity index (χ3v) is 1.45. The second kappa shape index (κ2) is 2.17. The quantitative estimate of drug-likeness (QED) is 0.381. The van der Waals surface area contributed by atoms with Crippen LogP contribution in [0, 0.1) is 5.92 Å². The van der Waals surface area contributed by atoms with Crippen molar-refractivity contribution in [1.82, 2.24) is 0 Å². The van der Waals surface area contributed by atoms with Crippen LogP contribution in [0.25, 0.3) is 0 Å². The van der Waals surface area contributed by atoms with Crippen molar-refractivity contribution in [3.8, 4) is 0 Å². The van der Waals surface area contributed by atoms with Gasteiger partial charge < -0.3 is 4.74 Å². The predicted octanol–water partition coefficient (Wildman–Crippen LogP) is 0.486. The average Bonchev–Trinajstić information content (AvgIpc) is 2.10. The van der Waals surface area contributed by atoms with Gasteiger partial charge in [-0.25, -0.2) is 0 Å². The van der Waals surface area contributed by atoms with Gasteiger partial charge in [0.1, 0.15) is 0 Å². The van der Waals surface area contributed by atoms with E-state index in [1.54, 1.807) is 0 Å². The van der Waals surface area contributed by atoms with Crippen LogP contribution in [0.1, 0.15) is 19.8 Å². The lowest BCUT2D eigenvalue weighted by molar-refractivity contribution is -0.153. The molecule has 1 atom stereocenters. The first-order valence-corrected chi connectivity index (χ1v) is 2.98. The maximum Gasteiger partial charge on any atom is 0.317 e. The fourth-order valence-corrected chi connectivity index (χ4v) is 0.833. The molecule has 9 heavy (non-hydrogen) atoms.